The highest BCUT2D eigenvalue weighted by Crippen LogP contribution is 2.30. The second-order valence-corrected chi connectivity index (χ2v) is 4.55. The lowest BCUT2D eigenvalue weighted by Crippen LogP contribution is -2.42. The van der Waals surface area contributed by atoms with Gasteiger partial charge in [0.25, 0.3) is 5.56 Å². The van der Waals surface area contributed by atoms with E-state index in [-0.39, 0.29) is 24.1 Å². The van der Waals surface area contributed by atoms with Gasteiger partial charge in [-0.1, -0.05) is 0 Å². The van der Waals surface area contributed by atoms with Crippen molar-refractivity contribution in [2.45, 2.75) is 31.7 Å². The molecular formula is C11H16N2O4. The maximum Gasteiger partial charge on any atom is 0.317 e. The molecule has 2 heterocycles. The van der Waals surface area contributed by atoms with Gasteiger partial charge in [-0.25, -0.2) is 0 Å². The first-order valence-corrected chi connectivity index (χ1v) is 5.70. The van der Waals surface area contributed by atoms with Gasteiger partial charge in [0.1, 0.15) is 5.76 Å². The number of H-pyrrole nitrogens is 1. The maximum atomic E-state index is 11.0. The molecule has 0 radical (unpaired) electrons. The zero-order valence-corrected chi connectivity index (χ0v) is 9.68. The summed E-state index contributed by atoms with van der Waals surface area (Å²) in [5.41, 5.74) is -0.222. The van der Waals surface area contributed by atoms with E-state index in [1.54, 1.807) is 0 Å². The molecule has 6 heteroatoms. The first-order chi connectivity index (χ1) is 8.06. The van der Waals surface area contributed by atoms with Crippen LogP contribution < -0.4 is 5.56 Å². The molecule has 0 amide bonds. The molecule has 1 aromatic rings. The van der Waals surface area contributed by atoms with Crippen molar-refractivity contribution in [2.24, 2.45) is 0 Å². The van der Waals surface area contributed by atoms with Crippen LogP contribution in [0, 0.1) is 0 Å². The van der Waals surface area contributed by atoms with Gasteiger partial charge in [-0.15, -0.1) is 0 Å². The standard InChI is InChI=1S/C11H16N2O4/c1-7-4-8(9-5-10(14)12-17-9)2-3-13(7)6-11(15)16/h5,7-8H,2-4,6H2,1H3,(H,12,14)(H,15,16). The molecule has 0 spiro atoms. The average Bonchev–Trinajstić information content (AvgIpc) is 2.67. The third-order valence-corrected chi connectivity index (χ3v) is 3.30. The van der Waals surface area contributed by atoms with Crippen LogP contribution in [0.1, 0.15) is 31.4 Å². The Morgan fingerprint density at radius 2 is 2.47 bits per heavy atom. The molecular weight excluding hydrogens is 224 g/mol. The molecule has 1 saturated heterocycles. The Kier molecular flexibility index (Phi) is 3.33. The number of piperidine rings is 1. The molecule has 0 aliphatic carbocycles. The van der Waals surface area contributed by atoms with Crippen molar-refractivity contribution in [2.75, 3.05) is 13.1 Å². The molecule has 2 unspecified atom stereocenters. The summed E-state index contributed by atoms with van der Waals surface area (Å²) in [5, 5.41) is 11.0. The number of aromatic nitrogens is 1. The van der Waals surface area contributed by atoms with Crippen LogP contribution >= 0.6 is 0 Å². The summed E-state index contributed by atoms with van der Waals surface area (Å²) in [6.45, 7) is 2.79. The molecule has 6 nitrogen and oxygen atoms in total. The quantitative estimate of drug-likeness (QED) is 0.808. The number of aliphatic carboxylic acids is 1. The van der Waals surface area contributed by atoms with Crippen molar-refractivity contribution in [3.05, 3.63) is 22.2 Å². The summed E-state index contributed by atoms with van der Waals surface area (Å²) in [4.78, 5) is 23.6. The van der Waals surface area contributed by atoms with Gasteiger partial charge < -0.3 is 9.63 Å². The van der Waals surface area contributed by atoms with Crippen LogP contribution in [0.4, 0.5) is 0 Å². The van der Waals surface area contributed by atoms with Gasteiger partial charge in [-0.3, -0.25) is 14.5 Å². The van der Waals surface area contributed by atoms with Crippen molar-refractivity contribution in [1.29, 1.82) is 0 Å². The monoisotopic (exact) mass is 240 g/mol. The molecule has 1 aliphatic rings. The van der Waals surface area contributed by atoms with E-state index in [1.807, 2.05) is 11.8 Å². The highest BCUT2D eigenvalue weighted by atomic mass is 16.5. The topological polar surface area (TPSA) is 86.5 Å². The largest absolute Gasteiger partial charge is 0.480 e. The summed E-state index contributed by atoms with van der Waals surface area (Å²) in [5.74, 6) is 0.0781. The number of hydrogen-bond donors (Lipinski definition) is 2. The third kappa shape index (κ3) is 2.76. The SMILES string of the molecule is CC1CC(c2cc(=O)[nH]o2)CCN1CC(=O)O. The van der Waals surface area contributed by atoms with Gasteiger partial charge >= 0.3 is 5.97 Å². The van der Waals surface area contributed by atoms with E-state index < -0.39 is 5.97 Å². The van der Waals surface area contributed by atoms with Crippen molar-refractivity contribution in [3.8, 4) is 0 Å². The van der Waals surface area contributed by atoms with E-state index in [0.717, 1.165) is 12.8 Å². The fraction of sp³-hybridized carbons (Fsp3) is 0.636. The maximum absolute atomic E-state index is 11.0. The number of nitrogens with one attached hydrogen (secondary N) is 1. The van der Waals surface area contributed by atoms with Gasteiger partial charge in [0.15, 0.2) is 0 Å². The predicted molar refractivity (Wildman–Crippen MR) is 60.0 cm³/mol. The Labute approximate surface area is 98.2 Å². The summed E-state index contributed by atoms with van der Waals surface area (Å²) in [6, 6.07) is 1.66. The Balaban J connectivity index is 1.99. The summed E-state index contributed by atoms with van der Waals surface area (Å²) >= 11 is 0. The van der Waals surface area contributed by atoms with E-state index in [4.69, 9.17) is 9.63 Å². The van der Waals surface area contributed by atoms with Gasteiger partial charge in [0, 0.05) is 18.0 Å². The molecule has 1 aliphatic heterocycles. The number of carboxylic acid groups (broad SMARTS) is 1. The van der Waals surface area contributed by atoms with Crippen molar-refractivity contribution >= 4 is 5.97 Å². The zero-order chi connectivity index (χ0) is 12.4. The highest BCUT2D eigenvalue weighted by molar-refractivity contribution is 5.69. The summed E-state index contributed by atoms with van der Waals surface area (Å²) in [7, 11) is 0. The number of rotatable bonds is 3. The lowest BCUT2D eigenvalue weighted by molar-refractivity contribution is -0.139. The molecule has 2 N–H and O–H groups in total. The molecule has 0 bridgehead atoms. The Hall–Kier alpha value is -1.56. The van der Waals surface area contributed by atoms with Gasteiger partial charge in [-0.05, 0) is 26.3 Å². The minimum absolute atomic E-state index is 0.0744. The van der Waals surface area contributed by atoms with Crippen LogP contribution in [-0.4, -0.2) is 40.3 Å². The Bertz CT molecular complexity index is 450. The van der Waals surface area contributed by atoms with Crippen LogP contribution in [0.25, 0.3) is 0 Å². The lowest BCUT2D eigenvalue weighted by Gasteiger charge is -2.35. The van der Waals surface area contributed by atoms with Crippen LogP contribution in [0.2, 0.25) is 0 Å². The smallest absolute Gasteiger partial charge is 0.317 e. The molecule has 1 fully saturated rings. The fourth-order valence-electron chi connectivity index (χ4n) is 2.39. The molecule has 2 rings (SSSR count). The number of aromatic amines is 1. The number of hydrogen-bond acceptors (Lipinski definition) is 4. The zero-order valence-electron chi connectivity index (χ0n) is 9.68. The molecule has 0 aromatic carbocycles. The minimum Gasteiger partial charge on any atom is -0.480 e. The second-order valence-electron chi connectivity index (χ2n) is 4.55. The fourth-order valence-corrected chi connectivity index (χ4v) is 2.39. The number of carbonyl (C=O) groups is 1. The van der Waals surface area contributed by atoms with Crippen LogP contribution in [0.5, 0.6) is 0 Å². The molecule has 0 saturated carbocycles. The number of carboxylic acids is 1. The van der Waals surface area contributed by atoms with Gasteiger partial charge in [0.05, 0.1) is 6.54 Å². The second kappa shape index (κ2) is 4.75. The summed E-state index contributed by atoms with van der Waals surface area (Å²) < 4.78 is 5.10. The minimum atomic E-state index is -0.802. The van der Waals surface area contributed by atoms with Crippen LogP contribution in [-0.2, 0) is 4.79 Å². The summed E-state index contributed by atoms with van der Waals surface area (Å²) in [6.07, 6.45) is 1.63. The van der Waals surface area contributed by atoms with E-state index >= 15 is 0 Å². The van der Waals surface area contributed by atoms with Crippen molar-refractivity contribution in [3.63, 3.8) is 0 Å². The molecule has 2 atom stereocenters. The van der Waals surface area contributed by atoms with E-state index in [2.05, 4.69) is 5.16 Å². The highest BCUT2D eigenvalue weighted by Gasteiger charge is 2.29. The first-order valence-electron chi connectivity index (χ1n) is 5.70. The van der Waals surface area contributed by atoms with E-state index in [1.165, 1.54) is 6.07 Å². The lowest BCUT2D eigenvalue weighted by atomic mass is 9.89. The first kappa shape index (κ1) is 11.9. The van der Waals surface area contributed by atoms with Crippen LogP contribution in [0.3, 0.4) is 0 Å². The van der Waals surface area contributed by atoms with Crippen LogP contribution in [0.15, 0.2) is 15.4 Å². The number of likely N-dealkylation sites (tertiary alicyclic amines) is 1. The van der Waals surface area contributed by atoms with Gasteiger partial charge in [0.2, 0.25) is 0 Å². The predicted octanol–water partition coefficient (Wildman–Crippen LogP) is 0.620. The van der Waals surface area contributed by atoms with E-state index in [9.17, 15) is 9.59 Å². The molecule has 94 valence electrons. The average molecular weight is 240 g/mol. The molecule has 17 heavy (non-hydrogen) atoms. The van der Waals surface area contributed by atoms with Gasteiger partial charge in [-0.2, -0.15) is 5.16 Å². The molecule has 1 aromatic heterocycles. The van der Waals surface area contributed by atoms with Crippen molar-refractivity contribution < 1.29 is 14.4 Å². The Morgan fingerprint density at radius 3 is 3.00 bits per heavy atom. The Morgan fingerprint density at radius 1 is 1.71 bits per heavy atom. The van der Waals surface area contributed by atoms with Crippen molar-refractivity contribution in [1.82, 2.24) is 10.1 Å². The third-order valence-electron chi connectivity index (χ3n) is 3.30. The number of nitrogens with zero attached hydrogens (tertiary/aromatic N) is 1. The van der Waals surface area contributed by atoms with E-state index in [0.29, 0.717) is 12.3 Å². The normalized spacial score (nSPS) is 25.9.